The van der Waals surface area contributed by atoms with Crippen molar-refractivity contribution in [2.75, 3.05) is 5.75 Å². The number of nitrogens with zero attached hydrogens (tertiary/aromatic N) is 2. The van der Waals surface area contributed by atoms with E-state index in [2.05, 4.69) is 24.1 Å². The first-order valence-electron chi connectivity index (χ1n) is 9.58. The van der Waals surface area contributed by atoms with Crippen LogP contribution >= 0.6 is 23.4 Å². The average Bonchev–Trinajstić information content (AvgIpc) is 2.62. The van der Waals surface area contributed by atoms with E-state index in [1.807, 2.05) is 6.92 Å². The molecule has 27 heavy (non-hydrogen) atoms. The van der Waals surface area contributed by atoms with Gasteiger partial charge in [0.25, 0.3) is 5.56 Å². The quantitative estimate of drug-likeness (QED) is 0.353. The number of benzene rings is 1. The Labute approximate surface area is 169 Å². The van der Waals surface area contributed by atoms with Gasteiger partial charge >= 0.3 is 0 Å². The van der Waals surface area contributed by atoms with E-state index in [9.17, 15) is 9.59 Å². The Bertz CT molecular complexity index is 838. The van der Waals surface area contributed by atoms with Crippen LogP contribution in [0.4, 0.5) is 0 Å². The van der Waals surface area contributed by atoms with Crippen LogP contribution in [0.3, 0.4) is 0 Å². The summed E-state index contributed by atoms with van der Waals surface area (Å²) in [5.41, 5.74) is 0.497. The van der Waals surface area contributed by atoms with Crippen molar-refractivity contribution in [1.82, 2.24) is 14.9 Å². The lowest BCUT2D eigenvalue weighted by Gasteiger charge is -2.15. The summed E-state index contributed by atoms with van der Waals surface area (Å²) in [5, 5.41) is 4.66. The third-order valence-corrected chi connectivity index (χ3v) is 5.54. The molecule has 1 aromatic carbocycles. The third-order valence-electron chi connectivity index (χ3n) is 4.33. The number of unbranched alkanes of at least 4 members (excludes halogenated alkanes) is 2. The number of rotatable bonds is 10. The van der Waals surface area contributed by atoms with Crippen molar-refractivity contribution in [1.29, 1.82) is 0 Å². The molecule has 5 nitrogen and oxygen atoms in total. The summed E-state index contributed by atoms with van der Waals surface area (Å²) in [6.07, 6.45) is 5.00. The molecule has 1 unspecified atom stereocenters. The van der Waals surface area contributed by atoms with Crippen LogP contribution in [0.25, 0.3) is 10.9 Å². The second-order valence-corrected chi connectivity index (χ2v) is 8.14. The van der Waals surface area contributed by atoms with Crippen LogP contribution in [0.1, 0.15) is 52.9 Å². The number of hydrogen-bond acceptors (Lipinski definition) is 4. The molecular weight excluding hydrogens is 382 g/mol. The van der Waals surface area contributed by atoms with Gasteiger partial charge in [0.1, 0.15) is 0 Å². The predicted molar refractivity (Wildman–Crippen MR) is 114 cm³/mol. The first-order chi connectivity index (χ1) is 13.0. The molecule has 1 N–H and O–H groups in total. The van der Waals surface area contributed by atoms with Gasteiger partial charge < -0.3 is 5.32 Å². The molecule has 0 saturated heterocycles. The Hall–Kier alpha value is -1.53. The first-order valence-corrected chi connectivity index (χ1v) is 10.9. The molecule has 1 atom stereocenters. The van der Waals surface area contributed by atoms with Gasteiger partial charge in [-0.25, -0.2) is 4.98 Å². The fraction of sp³-hybridized carbons (Fsp3) is 0.550. The Morgan fingerprint density at radius 3 is 2.78 bits per heavy atom. The molecule has 2 aromatic rings. The summed E-state index contributed by atoms with van der Waals surface area (Å²) >= 11 is 7.37. The molecule has 1 aromatic heterocycles. The van der Waals surface area contributed by atoms with E-state index in [1.54, 1.807) is 22.8 Å². The van der Waals surface area contributed by atoms with Gasteiger partial charge in [0.2, 0.25) is 5.91 Å². The van der Waals surface area contributed by atoms with E-state index in [4.69, 9.17) is 11.6 Å². The van der Waals surface area contributed by atoms with E-state index in [-0.39, 0.29) is 23.3 Å². The van der Waals surface area contributed by atoms with Gasteiger partial charge in [-0.05, 0) is 38.0 Å². The van der Waals surface area contributed by atoms with Crippen LogP contribution < -0.4 is 10.9 Å². The number of nitrogens with one attached hydrogen (secondary N) is 1. The maximum Gasteiger partial charge on any atom is 0.262 e. The van der Waals surface area contributed by atoms with Gasteiger partial charge in [-0.1, -0.05) is 56.5 Å². The average molecular weight is 410 g/mol. The Morgan fingerprint density at radius 1 is 1.30 bits per heavy atom. The molecular formula is C20H28ClN3O2S. The molecule has 148 valence electrons. The zero-order chi connectivity index (χ0) is 19.8. The molecule has 2 rings (SSSR count). The number of aromatic nitrogens is 2. The minimum absolute atomic E-state index is 0.0403. The fourth-order valence-corrected chi connectivity index (χ4v) is 3.96. The molecule has 0 aliphatic carbocycles. The van der Waals surface area contributed by atoms with E-state index < -0.39 is 0 Å². The second kappa shape index (κ2) is 10.7. The summed E-state index contributed by atoms with van der Waals surface area (Å²) in [5.74, 6) is 0.196. The highest BCUT2D eigenvalue weighted by atomic mass is 35.5. The van der Waals surface area contributed by atoms with Crippen LogP contribution in [0.2, 0.25) is 5.02 Å². The van der Waals surface area contributed by atoms with Gasteiger partial charge in [-0.3, -0.25) is 14.2 Å². The fourth-order valence-electron chi connectivity index (χ4n) is 2.95. The smallest absolute Gasteiger partial charge is 0.262 e. The second-order valence-electron chi connectivity index (χ2n) is 6.77. The van der Waals surface area contributed by atoms with Crippen molar-refractivity contribution in [3.05, 3.63) is 33.6 Å². The maximum absolute atomic E-state index is 12.9. The zero-order valence-corrected chi connectivity index (χ0v) is 17.8. The largest absolute Gasteiger partial charge is 0.353 e. The van der Waals surface area contributed by atoms with Crippen LogP contribution in [-0.4, -0.2) is 27.3 Å². The van der Waals surface area contributed by atoms with Crippen LogP contribution in [0.15, 0.2) is 28.2 Å². The molecule has 0 radical (unpaired) electrons. The number of carbonyl (C=O) groups excluding carboxylic acids is 1. The van der Waals surface area contributed by atoms with Crippen molar-refractivity contribution >= 4 is 40.2 Å². The SMILES string of the molecule is CCCCCn1c(SCC(=O)NC(C)CCC)nc2cc(Cl)ccc2c1=O. The van der Waals surface area contributed by atoms with Gasteiger partial charge in [-0.15, -0.1) is 0 Å². The van der Waals surface area contributed by atoms with E-state index >= 15 is 0 Å². The van der Waals surface area contributed by atoms with Crippen LogP contribution in [0, 0.1) is 0 Å². The van der Waals surface area contributed by atoms with Gasteiger partial charge in [0, 0.05) is 17.6 Å². The molecule has 1 amide bonds. The number of thioether (sulfide) groups is 1. The van der Waals surface area contributed by atoms with Crippen LogP contribution in [-0.2, 0) is 11.3 Å². The van der Waals surface area contributed by atoms with E-state index in [0.717, 1.165) is 32.1 Å². The number of hydrogen-bond donors (Lipinski definition) is 1. The lowest BCUT2D eigenvalue weighted by Crippen LogP contribution is -2.34. The molecule has 0 spiro atoms. The standard InChI is InChI=1S/C20H28ClN3O2S/c1-4-6-7-11-24-19(26)16-10-9-15(21)12-17(16)23-20(24)27-13-18(25)22-14(3)8-5-2/h9-10,12,14H,4-8,11,13H2,1-3H3,(H,22,25). The van der Waals surface area contributed by atoms with Crippen molar-refractivity contribution < 1.29 is 4.79 Å². The Kier molecular flexibility index (Phi) is 8.64. The normalized spacial score (nSPS) is 12.3. The predicted octanol–water partition coefficient (Wildman–Crippen LogP) is 4.64. The van der Waals surface area contributed by atoms with Gasteiger partial charge in [0.15, 0.2) is 5.16 Å². The summed E-state index contributed by atoms with van der Waals surface area (Å²) in [4.78, 5) is 29.8. The first kappa shape index (κ1) is 21.8. The van der Waals surface area contributed by atoms with Crippen molar-refractivity contribution in [2.45, 2.75) is 70.6 Å². The summed E-state index contributed by atoms with van der Waals surface area (Å²) in [6.45, 7) is 6.83. The Morgan fingerprint density at radius 2 is 2.07 bits per heavy atom. The summed E-state index contributed by atoms with van der Waals surface area (Å²) in [6, 6.07) is 5.27. The lowest BCUT2D eigenvalue weighted by molar-refractivity contribution is -0.119. The van der Waals surface area contributed by atoms with E-state index in [0.29, 0.717) is 27.6 Å². The Balaban J connectivity index is 2.25. The molecule has 0 bridgehead atoms. The van der Waals surface area contributed by atoms with Crippen molar-refractivity contribution in [3.8, 4) is 0 Å². The number of amides is 1. The van der Waals surface area contributed by atoms with Crippen molar-refractivity contribution in [2.24, 2.45) is 0 Å². The highest BCUT2D eigenvalue weighted by Gasteiger charge is 2.14. The minimum Gasteiger partial charge on any atom is -0.353 e. The van der Waals surface area contributed by atoms with Crippen molar-refractivity contribution in [3.63, 3.8) is 0 Å². The van der Waals surface area contributed by atoms with Gasteiger partial charge in [-0.2, -0.15) is 0 Å². The van der Waals surface area contributed by atoms with E-state index in [1.165, 1.54) is 11.8 Å². The molecule has 1 heterocycles. The minimum atomic E-state index is -0.0740. The topological polar surface area (TPSA) is 64.0 Å². The molecule has 0 saturated carbocycles. The number of halogens is 1. The van der Waals surface area contributed by atoms with Gasteiger partial charge in [0.05, 0.1) is 16.7 Å². The summed E-state index contributed by atoms with van der Waals surface area (Å²) in [7, 11) is 0. The molecule has 0 aliphatic rings. The molecule has 0 aliphatic heterocycles. The summed E-state index contributed by atoms with van der Waals surface area (Å²) < 4.78 is 1.69. The zero-order valence-electron chi connectivity index (χ0n) is 16.3. The number of fused-ring (bicyclic) bond motifs is 1. The highest BCUT2D eigenvalue weighted by molar-refractivity contribution is 7.99. The molecule has 7 heteroatoms. The number of carbonyl (C=O) groups is 1. The van der Waals surface area contributed by atoms with Crippen LogP contribution in [0.5, 0.6) is 0 Å². The monoisotopic (exact) mass is 409 g/mol. The molecule has 0 fully saturated rings. The highest BCUT2D eigenvalue weighted by Crippen LogP contribution is 2.21. The maximum atomic E-state index is 12.9. The third kappa shape index (κ3) is 6.25. The lowest BCUT2D eigenvalue weighted by atomic mass is 10.2.